The lowest BCUT2D eigenvalue weighted by Gasteiger charge is -2.05. The van der Waals surface area contributed by atoms with Gasteiger partial charge in [0.25, 0.3) is 0 Å². The Labute approximate surface area is 101 Å². The van der Waals surface area contributed by atoms with Gasteiger partial charge < -0.3 is 4.74 Å². The van der Waals surface area contributed by atoms with E-state index in [4.69, 9.17) is 11.2 Å². The lowest BCUT2D eigenvalue weighted by atomic mass is 10.2. The van der Waals surface area contributed by atoms with E-state index in [0.29, 0.717) is 12.3 Å². The fourth-order valence-corrected chi connectivity index (χ4v) is 1.44. The normalized spacial score (nSPS) is 9.65. The van der Waals surface area contributed by atoms with E-state index in [9.17, 15) is 0 Å². The summed E-state index contributed by atoms with van der Waals surface area (Å²) in [4.78, 5) is 4.32. The van der Waals surface area contributed by atoms with Crippen LogP contribution in [0.3, 0.4) is 0 Å². The Morgan fingerprint density at radius 1 is 1.18 bits per heavy atom. The second-order valence-electron chi connectivity index (χ2n) is 3.76. The van der Waals surface area contributed by atoms with Gasteiger partial charge in [-0.15, -0.1) is 12.3 Å². The molecule has 2 rings (SSSR count). The van der Waals surface area contributed by atoms with E-state index in [2.05, 4.69) is 10.9 Å². The van der Waals surface area contributed by atoms with Gasteiger partial charge >= 0.3 is 0 Å². The molecule has 0 aliphatic heterocycles. The summed E-state index contributed by atoms with van der Waals surface area (Å²) in [5, 5.41) is 0. The Bertz CT molecular complexity index is 538. The minimum atomic E-state index is 0.519. The second-order valence-corrected chi connectivity index (χ2v) is 3.76. The van der Waals surface area contributed by atoms with Crippen molar-refractivity contribution in [2.45, 2.75) is 13.3 Å². The summed E-state index contributed by atoms with van der Waals surface area (Å²) in [6.45, 7) is 2.04. The maximum absolute atomic E-state index is 5.64. The third-order valence-electron chi connectivity index (χ3n) is 2.31. The Hall–Kier alpha value is -2.27. The monoisotopic (exact) mass is 223 g/mol. The van der Waals surface area contributed by atoms with Gasteiger partial charge in [0.15, 0.2) is 0 Å². The van der Waals surface area contributed by atoms with E-state index in [-0.39, 0.29) is 0 Å². The molecule has 0 atom stereocenters. The molecule has 0 N–H and O–H groups in total. The van der Waals surface area contributed by atoms with Crippen molar-refractivity contribution in [3.63, 3.8) is 0 Å². The average molecular weight is 223 g/mol. The fourth-order valence-electron chi connectivity index (χ4n) is 1.44. The Balaban J connectivity index is 2.16. The number of hydrogen-bond acceptors (Lipinski definition) is 2. The number of aryl methyl sites for hydroxylation is 1. The Kier molecular flexibility index (Phi) is 3.42. The molecule has 0 bridgehead atoms. The van der Waals surface area contributed by atoms with Gasteiger partial charge in [0.05, 0.1) is 12.1 Å². The van der Waals surface area contributed by atoms with Crippen molar-refractivity contribution in [2.24, 2.45) is 0 Å². The van der Waals surface area contributed by atoms with Gasteiger partial charge in [0.1, 0.15) is 5.75 Å². The molecule has 0 fully saturated rings. The van der Waals surface area contributed by atoms with E-state index in [1.165, 1.54) is 5.56 Å². The molecular weight excluding hydrogens is 210 g/mol. The number of hydrogen-bond donors (Lipinski definition) is 0. The maximum Gasteiger partial charge on any atom is 0.219 e. The lowest BCUT2D eigenvalue weighted by Crippen LogP contribution is -1.92. The molecule has 2 aromatic rings. The third-order valence-corrected chi connectivity index (χ3v) is 2.31. The van der Waals surface area contributed by atoms with Crippen LogP contribution in [0.5, 0.6) is 11.6 Å². The number of rotatable bonds is 3. The molecule has 2 nitrogen and oxygen atoms in total. The molecule has 1 aromatic heterocycles. The van der Waals surface area contributed by atoms with Crippen LogP contribution in [0.15, 0.2) is 42.5 Å². The first-order chi connectivity index (χ1) is 8.28. The van der Waals surface area contributed by atoms with Crippen molar-refractivity contribution in [1.82, 2.24) is 4.98 Å². The van der Waals surface area contributed by atoms with Crippen molar-refractivity contribution in [1.29, 1.82) is 0 Å². The number of ether oxygens (including phenoxy) is 1. The Morgan fingerprint density at radius 3 is 2.65 bits per heavy atom. The van der Waals surface area contributed by atoms with E-state index in [1.807, 2.05) is 49.4 Å². The zero-order valence-electron chi connectivity index (χ0n) is 9.68. The molecule has 0 saturated heterocycles. The summed E-state index contributed by atoms with van der Waals surface area (Å²) >= 11 is 0. The standard InChI is InChI=1S/C15H13NO/c1-3-5-13-6-4-7-15(16-13)17-14-10-8-12(2)9-11-14/h1,4,6-11H,5H2,2H3. The average Bonchev–Trinajstić information content (AvgIpc) is 2.33. The molecule has 0 radical (unpaired) electrons. The third kappa shape index (κ3) is 3.09. The first kappa shape index (κ1) is 11.2. The molecule has 84 valence electrons. The fraction of sp³-hybridized carbons (Fsp3) is 0.133. The van der Waals surface area contributed by atoms with Crippen LogP contribution in [0.1, 0.15) is 11.3 Å². The molecule has 1 aromatic carbocycles. The van der Waals surface area contributed by atoms with E-state index in [0.717, 1.165) is 11.4 Å². The molecular formula is C15H13NO. The van der Waals surface area contributed by atoms with Crippen LogP contribution in [0.25, 0.3) is 0 Å². The number of nitrogens with zero attached hydrogens (tertiary/aromatic N) is 1. The summed E-state index contributed by atoms with van der Waals surface area (Å²) in [5.41, 5.74) is 2.04. The predicted octanol–water partition coefficient (Wildman–Crippen LogP) is 3.36. The van der Waals surface area contributed by atoms with Gasteiger partial charge in [-0.25, -0.2) is 4.98 Å². The number of pyridine rings is 1. The number of terminal acetylenes is 1. The highest BCUT2D eigenvalue weighted by Crippen LogP contribution is 2.19. The Morgan fingerprint density at radius 2 is 1.94 bits per heavy atom. The molecule has 17 heavy (non-hydrogen) atoms. The highest BCUT2D eigenvalue weighted by molar-refractivity contribution is 5.30. The molecule has 0 aliphatic rings. The van der Waals surface area contributed by atoms with Crippen LogP contribution < -0.4 is 4.74 Å². The van der Waals surface area contributed by atoms with Crippen LogP contribution in [0.4, 0.5) is 0 Å². The van der Waals surface area contributed by atoms with Crippen molar-refractivity contribution in [2.75, 3.05) is 0 Å². The van der Waals surface area contributed by atoms with Gasteiger partial charge in [-0.3, -0.25) is 0 Å². The van der Waals surface area contributed by atoms with Crippen LogP contribution in [-0.4, -0.2) is 4.98 Å². The number of aromatic nitrogens is 1. The molecule has 1 heterocycles. The maximum atomic E-state index is 5.64. The largest absolute Gasteiger partial charge is 0.439 e. The molecule has 0 amide bonds. The smallest absolute Gasteiger partial charge is 0.219 e. The minimum absolute atomic E-state index is 0.519. The van der Waals surface area contributed by atoms with Gasteiger partial charge in [0, 0.05) is 6.07 Å². The van der Waals surface area contributed by atoms with E-state index < -0.39 is 0 Å². The highest BCUT2D eigenvalue weighted by Gasteiger charge is 1.99. The van der Waals surface area contributed by atoms with Crippen LogP contribution >= 0.6 is 0 Å². The van der Waals surface area contributed by atoms with Crippen molar-refractivity contribution in [3.05, 3.63) is 53.7 Å². The molecule has 0 saturated carbocycles. The topological polar surface area (TPSA) is 22.1 Å². The van der Waals surface area contributed by atoms with Crippen LogP contribution in [-0.2, 0) is 6.42 Å². The van der Waals surface area contributed by atoms with Gasteiger partial charge in [0.2, 0.25) is 5.88 Å². The minimum Gasteiger partial charge on any atom is -0.439 e. The van der Waals surface area contributed by atoms with Crippen molar-refractivity contribution < 1.29 is 4.74 Å². The second kappa shape index (κ2) is 5.18. The summed E-state index contributed by atoms with van der Waals surface area (Å²) in [6, 6.07) is 13.4. The van der Waals surface area contributed by atoms with Crippen LogP contribution in [0.2, 0.25) is 0 Å². The molecule has 0 aliphatic carbocycles. The summed E-state index contributed by atoms with van der Waals surface area (Å²) < 4.78 is 5.64. The van der Waals surface area contributed by atoms with Gasteiger partial charge in [-0.05, 0) is 25.1 Å². The quantitative estimate of drug-likeness (QED) is 0.744. The number of benzene rings is 1. The van der Waals surface area contributed by atoms with Crippen molar-refractivity contribution >= 4 is 0 Å². The first-order valence-electron chi connectivity index (χ1n) is 5.42. The summed E-state index contributed by atoms with van der Waals surface area (Å²) in [7, 11) is 0. The molecule has 2 heteroatoms. The predicted molar refractivity (Wildman–Crippen MR) is 68.0 cm³/mol. The summed E-state index contributed by atoms with van der Waals surface area (Å²) in [6.07, 6.45) is 5.77. The highest BCUT2D eigenvalue weighted by atomic mass is 16.5. The van der Waals surface area contributed by atoms with E-state index >= 15 is 0 Å². The van der Waals surface area contributed by atoms with Crippen molar-refractivity contribution in [3.8, 4) is 24.0 Å². The SMILES string of the molecule is C#CCc1cccc(Oc2ccc(C)cc2)n1. The van der Waals surface area contributed by atoms with Gasteiger partial charge in [-0.1, -0.05) is 23.8 Å². The first-order valence-corrected chi connectivity index (χ1v) is 5.42. The molecule has 0 unspecified atom stereocenters. The zero-order chi connectivity index (χ0) is 12.1. The molecule has 0 spiro atoms. The van der Waals surface area contributed by atoms with Gasteiger partial charge in [-0.2, -0.15) is 0 Å². The van der Waals surface area contributed by atoms with E-state index in [1.54, 1.807) is 0 Å². The summed E-state index contributed by atoms with van der Waals surface area (Å²) in [5.74, 6) is 3.91. The zero-order valence-corrected chi connectivity index (χ0v) is 9.68. The lowest BCUT2D eigenvalue weighted by molar-refractivity contribution is 0.461. The van der Waals surface area contributed by atoms with Crippen LogP contribution in [0, 0.1) is 19.3 Å².